The highest BCUT2D eigenvalue weighted by Gasteiger charge is 2.57. The minimum absolute atomic E-state index is 0.104. The van der Waals surface area contributed by atoms with Crippen molar-refractivity contribution in [3.63, 3.8) is 0 Å². The van der Waals surface area contributed by atoms with Crippen LogP contribution in [0.2, 0.25) is 0 Å². The van der Waals surface area contributed by atoms with Crippen molar-refractivity contribution in [2.24, 2.45) is 5.92 Å². The number of rotatable bonds is 5. The molecule has 0 bridgehead atoms. The number of pyridine rings is 1. The lowest BCUT2D eigenvalue weighted by molar-refractivity contribution is -0.136. The van der Waals surface area contributed by atoms with Gasteiger partial charge in [0.15, 0.2) is 5.54 Å². The average molecular weight is 453 g/mol. The number of carbonyl (C=O) groups excluding carboxylic acids is 3. The van der Waals surface area contributed by atoms with E-state index in [4.69, 9.17) is 4.74 Å². The minimum Gasteiger partial charge on any atom is -0.376 e. The molecule has 0 saturated carbocycles. The first-order valence-electron chi connectivity index (χ1n) is 12.2. The van der Waals surface area contributed by atoms with E-state index in [0.717, 1.165) is 44.1 Å². The number of nitrogens with zero attached hydrogens (tertiary/aromatic N) is 3. The van der Waals surface area contributed by atoms with E-state index in [0.29, 0.717) is 38.1 Å². The molecule has 0 radical (unpaired) electrons. The lowest BCUT2D eigenvalue weighted by Gasteiger charge is -2.41. The number of ether oxygens (including phenoxy) is 1. The molecule has 2 atom stereocenters. The van der Waals surface area contributed by atoms with E-state index >= 15 is 0 Å². The van der Waals surface area contributed by atoms with Gasteiger partial charge in [-0.2, -0.15) is 0 Å². The number of aromatic nitrogens is 1. The van der Waals surface area contributed by atoms with Gasteiger partial charge in [-0.15, -0.1) is 0 Å². The molecule has 0 unspecified atom stereocenters. The maximum atomic E-state index is 13.9. The van der Waals surface area contributed by atoms with Crippen molar-refractivity contribution < 1.29 is 19.1 Å². The predicted molar refractivity (Wildman–Crippen MR) is 121 cm³/mol. The molecule has 8 heteroatoms. The Labute approximate surface area is 194 Å². The molecule has 1 aliphatic carbocycles. The molecule has 3 fully saturated rings. The molecule has 0 spiro atoms. The fourth-order valence-electron chi connectivity index (χ4n) is 5.81. The Morgan fingerprint density at radius 1 is 1.18 bits per heavy atom. The summed E-state index contributed by atoms with van der Waals surface area (Å²) in [6.45, 7) is 2.11. The Bertz CT molecular complexity index is 935. The number of allylic oxidation sites excluding steroid dienone is 1. The van der Waals surface area contributed by atoms with Gasteiger partial charge >= 0.3 is 6.03 Å². The second-order valence-electron chi connectivity index (χ2n) is 9.57. The van der Waals surface area contributed by atoms with Gasteiger partial charge < -0.3 is 15.0 Å². The molecule has 176 valence electrons. The number of hydrogen-bond acceptors (Lipinski definition) is 5. The number of hydrogen-bond donors (Lipinski definition) is 1. The van der Waals surface area contributed by atoms with Crippen LogP contribution in [0.1, 0.15) is 56.9 Å². The first-order valence-corrected chi connectivity index (χ1v) is 12.2. The smallest absolute Gasteiger partial charge is 0.325 e. The summed E-state index contributed by atoms with van der Waals surface area (Å²) in [4.78, 5) is 47.4. The predicted octanol–water partition coefficient (Wildman–Crippen LogP) is 2.75. The monoisotopic (exact) mass is 452 g/mol. The second kappa shape index (κ2) is 9.25. The van der Waals surface area contributed by atoms with Crippen LogP contribution in [0, 0.1) is 5.92 Å². The summed E-state index contributed by atoms with van der Waals surface area (Å²) in [7, 11) is 0. The van der Waals surface area contributed by atoms with Crippen LogP contribution in [-0.2, 0) is 19.9 Å². The summed E-state index contributed by atoms with van der Waals surface area (Å²) in [6, 6.07) is 3.30. The van der Waals surface area contributed by atoms with Crippen molar-refractivity contribution in [1.82, 2.24) is 20.1 Å². The van der Waals surface area contributed by atoms with Gasteiger partial charge in [0.1, 0.15) is 0 Å². The Hall–Kier alpha value is -2.74. The molecule has 3 aliphatic heterocycles. The van der Waals surface area contributed by atoms with Crippen molar-refractivity contribution in [3.05, 3.63) is 41.7 Å². The molecule has 33 heavy (non-hydrogen) atoms. The number of urea groups is 1. The van der Waals surface area contributed by atoms with Crippen molar-refractivity contribution in [1.29, 1.82) is 0 Å². The first-order chi connectivity index (χ1) is 16.1. The molecule has 1 aromatic rings. The van der Waals surface area contributed by atoms with Crippen LogP contribution in [0.15, 0.2) is 36.2 Å². The summed E-state index contributed by atoms with van der Waals surface area (Å²) < 4.78 is 5.69. The number of imide groups is 1. The summed E-state index contributed by atoms with van der Waals surface area (Å²) in [5, 5.41) is 3.06. The van der Waals surface area contributed by atoms with Crippen molar-refractivity contribution in [3.8, 4) is 0 Å². The first kappa shape index (κ1) is 22.1. The largest absolute Gasteiger partial charge is 0.376 e. The number of piperidine rings is 1. The van der Waals surface area contributed by atoms with Gasteiger partial charge in [0.25, 0.3) is 5.91 Å². The van der Waals surface area contributed by atoms with Crippen LogP contribution in [0.5, 0.6) is 0 Å². The Kier molecular flexibility index (Phi) is 6.19. The molecule has 0 aromatic carbocycles. The molecule has 4 aliphatic rings. The SMILES string of the molecule is O=C(C1=CCCCC1)N1CCC([C@@]2(c3cccnc3)NC(=O)N(C[C@H]3CCCO3)C2=O)CC1. The summed E-state index contributed by atoms with van der Waals surface area (Å²) in [5.41, 5.74) is 0.482. The van der Waals surface area contributed by atoms with Gasteiger partial charge in [-0.05, 0) is 63.4 Å². The van der Waals surface area contributed by atoms with E-state index in [1.807, 2.05) is 11.0 Å². The Morgan fingerprint density at radius 2 is 2.03 bits per heavy atom. The summed E-state index contributed by atoms with van der Waals surface area (Å²) in [5.74, 6) is -0.210. The average Bonchev–Trinajstić information content (AvgIpc) is 3.47. The van der Waals surface area contributed by atoms with E-state index in [-0.39, 0.29) is 36.4 Å². The number of likely N-dealkylation sites (tertiary alicyclic amines) is 1. The maximum Gasteiger partial charge on any atom is 0.325 e. The quantitative estimate of drug-likeness (QED) is 0.694. The third-order valence-electron chi connectivity index (χ3n) is 7.62. The standard InChI is InChI=1S/C25H32N4O4/c30-22(18-6-2-1-3-7-18)28-13-10-19(11-14-28)25(20-8-4-12-26-16-20)23(31)29(24(32)27-25)17-21-9-5-15-33-21/h4,6,8,12,16,19,21H,1-3,5,7,9-11,13-15,17H2,(H,27,32)/t21-,25+/m1/s1. The van der Waals surface area contributed by atoms with Crippen molar-refractivity contribution in [2.45, 2.75) is 63.0 Å². The van der Waals surface area contributed by atoms with Crippen LogP contribution in [0.4, 0.5) is 4.79 Å². The van der Waals surface area contributed by atoms with Crippen LogP contribution < -0.4 is 5.32 Å². The summed E-state index contributed by atoms with van der Waals surface area (Å²) in [6.07, 6.45) is 12.5. The highest BCUT2D eigenvalue weighted by atomic mass is 16.5. The minimum atomic E-state index is -1.15. The van der Waals surface area contributed by atoms with Crippen LogP contribution >= 0.6 is 0 Å². The zero-order valence-corrected chi connectivity index (χ0v) is 19.0. The lowest BCUT2D eigenvalue weighted by Crippen LogP contribution is -2.54. The zero-order chi connectivity index (χ0) is 22.8. The third kappa shape index (κ3) is 4.05. The molecule has 5 rings (SSSR count). The lowest BCUT2D eigenvalue weighted by atomic mass is 9.73. The summed E-state index contributed by atoms with van der Waals surface area (Å²) >= 11 is 0. The van der Waals surface area contributed by atoms with Gasteiger partial charge in [0.05, 0.1) is 12.6 Å². The Balaban J connectivity index is 1.37. The fourth-order valence-corrected chi connectivity index (χ4v) is 5.81. The normalized spacial score (nSPS) is 28.7. The topological polar surface area (TPSA) is 91.8 Å². The van der Waals surface area contributed by atoms with E-state index in [2.05, 4.69) is 16.4 Å². The van der Waals surface area contributed by atoms with Crippen LogP contribution in [0.25, 0.3) is 0 Å². The molecule has 1 aromatic heterocycles. The number of nitrogens with one attached hydrogen (secondary N) is 1. The molecule has 4 amide bonds. The molecular weight excluding hydrogens is 420 g/mol. The van der Waals surface area contributed by atoms with E-state index < -0.39 is 5.54 Å². The van der Waals surface area contributed by atoms with Crippen molar-refractivity contribution >= 4 is 17.8 Å². The number of amides is 4. The number of carbonyl (C=O) groups is 3. The molecule has 1 N–H and O–H groups in total. The molecule has 4 heterocycles. The van der Waals surface area contributed by atoms with Crippen LogP contribution in [-0.4, -0.2) is 65.0 Å². The molecular formula is C25H32N4O4. The second-order valence-corrected chi connectivity index (χ2v) is 9.57. The van der Waals surface area contributed by atoms with E-state index in [9.17, 15) is 14.4 Å². The van der Waals surface area contributed by atoms with E-state index in [1.54, 1.807) is 18.5 Å². The maximum absolute atomic E-state index is 13.9. The van der Waals surface area contributed by atoms with Gasteiger partial charge in [0, 0.05) is 43.2 Å². The highest BCUT2D eigenvalue weighted by Crippen LogP contribution is 2.41. The fraction of sp³-hybridized carbons (Fsp3) is 0.600. The van der Waals surface area contributed by atoms with E-state index in [1.165, 1.54) is 4.90 Å². The van der Waals surface area contributed by atoms with Gasteiger partial charge in [-0.25, -0.2) is 4.79 Å². The van der Waals surface area contributed by atoms with Crippen LogP contribution in [0.3, 0.4) is 0 Å². The highest BCUT2D eigenvalue weighted by molar-refractivity contribution is 6.07. The van der Waals surface area contributed by atoms with Crippen molar-refractivity contribution in [2.75, 3.05) is 26.2 Å². The molecule has 8 nitrogen and oxygen atoms in total. The van der Waals surface area contributed by atoms with Gasteiger partial charge in [-0.3, -0.25) is 19.5 Å². The zero-order valence-electron chi connectivity index (χ0n) is 19.0. The molecule has 3 saturated heterocycles. The third-order valence-corrected chi connectivity index (χ3v) is 7.62. The van der Waals surface area contributed by atoms with Gasteiger partial charge in [-0.1, -0.05) is 12.1 Å². The van der Waals surface area contributed by atoms with Gasteiger partial charge in [0.2, 0.25) is 5.91 Å². The Morgan fingerprint density at radius 3 is 2.70 bits per heavy atom.